The molecule has 0 aromatic heterocycles. The fourth-order valence-corrected chi connectivity index (χ4v) is 3.08. The Labute approximate surface area is 156 Å². The second kappa shape index (κ2) is 9.49. The van der Waals surface area contributed by atoms with Gasteiger partial charge in [-0.15, -0.1) is 11.8 Å². The lowest BCUT2D eigenvalue weighted by Crippen LogP contribution is -2.14. The first-order chi connectivity index (χ1) is 12.0. The molecule has 0 saturated heterocycles. The summed E-state index contributed by atoms with van der Waals surface area (Å²) in [5.41, 5.74) is 1.96. The fourth-order valence-electron chi connectivity index (χ4n) is 2.10. The maximum Gasteiger partial charge on any atom is 0.338 e. The highest BCUT2D eigenvalue weighted by Gasteiger charge is 2.11. The zero-order valence-electron chi connectivity index (χ0n) is 14.2. The van der Waals surface area contributed by atoms with Crippen LogP contribution in [0.2, 0.25) is 5.02 Å². The minimum absolute atomic E-state index is 0.0921. The quantitative estimate of drug-likeness (QED) is 0.548. The molecule has 132 valence electrons. The zero-order chi connectivity index (χ0) is 18.2. The largest absolute Gasteiger partial charge is 0.462 e. The molecule has 0 bridgehead atoms. The molecule has 0 aliphatic heterocycles. The summed E-state index contributed by atoms with van der Waals surface area (Å²) < 4.78 is 4.99. The van der Waals surface area contributed by atoms with E-state index in [0.717, 1.165) is 10.5 Å². The smallest absolute Gasteiger partial charge is 0.338 e. The number of esters is 1. The van der Waals surface area contributed by atoms with Gasteiger partial charge in [0.2, 0.25) is 5.91 Å². The number of hydrogen-bond acceptors (Lipinski definition) is 4. The number of ether oxygens (including phenoxy) is 1. The van der Waals surface area contributed by atoms with Crippen LogP contribution in [0.3, 0.4) is 0 Å². The Morgan fingerprint density at radius 3 is 2.56 bits per heavy atom. The van der Waals surface area contributed by atoms with Crippen molar-refractivity contribution in [1.82, 2.24) is 0 Å². The molecule has 6 heteroatoms. The predicted octanol–water partition coefficient (Wildman–Crippen LogP) is 4.95. The fraction of sp³-hybridized carbons (Fsp3) is 0.263. The average molecular weight is 378 g/mol. The Morgan fingerprint density at radius 2 is 1.88 bits per heavy atom. The summed E-state index contributed by atoms with van der Waals surface area (Å²) in [6.45, 7) is 3.95. The van der Waals surface area contributed by atoms with Gasteiger partial charge in [0.1, 0.15) is 0 Å². The molecule has 0 aliphatic rings. The number of nitrogens with one attached hydrogen (secondary N) is 1. The molecule has 0 heterocycles. The lowest BCUT2D eigenvalue weighted by molar-refractivity contribution is -0.115. The number of aryl methyl sites for hydroxylation is 1. The number of hydrogen-bond donors (Lipinski definition) is 1. The molecule has 25 heavy (non-hydrogen) atoms. The molecule has 0 unspecified atom stereocenters. The number of carbonyl (C=O) groups is 2. The number of amides is 1. The van der Waals surface area contributed by atoms with Crippen LogP contribution in [0.1, 0.15) is 29.3 Å². The maximum atomic E-state index is 12.2. The molecule has 0 atom stereocenters. The number of anilines is 1. The highest BCUT2D eigenvalue weighted by Crippen LogP contribution is 2.22. The number of rotatable bonds is 7. The molecule has 1 amide bonds. The van der Waals surface area contributed by atoms with Gasteiger partial charge in [-0.3, -0.25) is 4.79 Å². The molecular weight excluding hydrogens is 358 g/mol. The molecule has 2 aromatic carbocycles. The maximum absolute atomic E-state index is 12.2. The third-order valence-corrected chi connectivity index (χ3v) is 4.70. The first-order valence-electron chi connectivity index (χ1n) is 7.95. The molecule has 0 radical (unpaired) electrons. The van der Waals surface area contributed by atoms with Crippen molar-refractivity contribution >= 4 is 40.9 Å². The van der Waals surface area contributed by atoms with Crippen LogP contribution >= 0.6 is 23.4 Å². The van der Waals surface area contributed by atoms with Gasteiger partial charge in [0.05, 0.1) is 12.2 Å². The van der Waals surface area contributed by atoms with E-state index < -0.39 is 5.97 Å². The monoisotopic (exact) mass is 377 g/mol. The van der Waals surface area contributed by atoms with E-state index in [9.17, 15) is 9.59 Å². The minimum Gasteiger partial charge on any atom is -0.462 e. The second-order valence-electron chi connectivity index (χ2n) is 5.35. The average Bonchev–Trinajstić information content (AvgIpc) is 2.59. The van der Waals surface area contributed by atoms with Crippen molar-refractivity contribution in [2.75, 3.05) is 17.7 Å². The van der Waals surface area contributed by atoms with Crippen LogP contribution in [0.15, 0.2) is 47.4 Å². The summed E-state index contributed by atoms with van der Waals surface area (Å²) in [4.78, 5) is 25.0. The van der Waals surface area contributed by atoms with Gasteiger partial charge in [-0.25, -0.2) is 4.79 Å². The van der Waals surface area contributed by atoms with Gasteiger partial charge in [0, 0.05) is 27.8 Å². The topological polar surface area (TPSA) is 55.4 Å². The van der Waals surface area contributed by atoms with E-state index in [-0.39, 0.29) is 5.91 Å². The van der Waals surface area contributed by atoms with Crippen molar-refractivity contribution in [3.05, 3.63) is 58.6 Å². The van der Waals surface area contributed by atoms with Crippen LogP contribution in [0, 0.1) is 6.92 Å². The Kier molecular flexibility index (Phi) is 7.34. The predicted molar refractivity (Wildman–Crippen MR) is 103 cm³/mol. The molecule has 1 N–H and O–H groups in total. The van der Waals surface area contributed by atoms with E-state index in [2.05, 4.69) is 5.32 Å². The minimum atomic E-state index is -0.392. The van der Waals surface area contributed by atoms with Gasteiger partial charge in [-0.2, -0.15) is 0 Å². The molecule has 2 rings (SSSR count). The summed E-state index contributed by atoms with van der Waals surface area (Å²) >= 11 is 7.44. The van der Waals surface area contributed by atoms with Crippen LogP contribution < -0.4 is 5.32 Å². The van der Waals surface area contributed by atoms with E-state index in [0.29, 0.717) is 35.1 Å². The number of thioether (sulfide) groups is 1. The third-order valence-electron chi connectivity index (χ3n) is 3.43. The number of benzene rings is 2. The summed E-state index contributed by atoms with van der Waals surface area (Å²) in [5, 5.41) is 3.56. The van der Waals surface area contributed by atoms with Crippen molar-refractivity contribution in [2.45, 2.75) is 25.2 Å². The van der Waals surface area contributed by atoms with Gasteiger partial charge < -0.3 is 10.1 Å². The number of halogens is 1. The summed E-state index contributed by atoms with van der Waals surface area (Å²) in [5.74, 6) is 0.172. The van der Waals surface area contributed by atoms with Crippen LogP contribution in [0.4, 0.5) is 5.69 Å². The van der Waals surface area contributed by atoms with Crippen LogP contribution in [0.5, 0.6) is 0 Å². The van der Waals surface area contributed by atoms with Gasteiger partial charge in [-0.1, -0.05) is 17.7 Å². The Bertz CT molecular complexity index is 747. The Balaban J connectivity index is 1.90. The highest BCUT2D eigenvalue weighted by molar-refractivity contribution is 7.99. The van der Waals surface area contributed by atoms with Crippen LogP contribution in [0.25, 0.3) is 0 Å². The van der Waals surface area contributed by atoms with Crippen LogP contribution in [-0.4, -0.2) is 24.2 Å². The van der Waals surface area contributed by atoms with Gasteiger partial charge >= 0.3 is 5.97 Å². The van der Waals surface area contributed by atoms with Crippen molar-refractivity contribution in [1.29, 1.82) is 0 Å². The summed E-state index contributed by atoms with van der Waals surface area (Å²) in [6.07, 6.45) is 0.371. The summed E-state index contributed by atoms with van der Waals surface area (Å²) in [7, 11) is 0. The summed E-state index contributed by atoms with van der Waals surface area (Å²) in [6, 6.07) is 12.7. The second-order valence-corrected chi connectivity index (χ2v) is 6.96. The molecule has 0 aliphatic carbocycles. The van der Waals surface area contributed by atoms with E-state index in [1.165, 1.54) is 0 Å². The third kappa shape index (κ3) is 6.11. The SMILES string of the molecule is CCOC(=O)c1ccc(C)c(NC(=O)CCSc2ccc(Cl)cc2)c1. The standard InChI is InChI=1S/C19H20ClNO3S/c1-3-24-19(23)14-5-4-13(2)17(12-14)21-18(22)10-11-25-16-8-6-15(20)7-9-16/h4-9,12H,3,10-11H2,1-2H3,(H,21,22). The van der Waals surface area contributed by atoms with E-state index in [1.54, 1.807) is 36.9 Å². The van der Waals surface area contributed by atoms with Gasteiger partial charge in [0.25, 0.3) is 0 Å². The van der Waals surface area contributed by atoms with Crippen molar-refractivity contribution in [3.63, 3.8) is 0 Å². The normalized spacial score (nSPS) is 10.4. The van der Waals surface area contributed by atoms with E-state index in [4.69, 9.17) is 16.3 Å². The first-order valence-corrected chi connectivity index (χ1v) is 9.32. The lowest BCUT2D eigenvalue weighted by atomic mass is 10.1. The molecule has 0 saturated carbocycles. The van der Waals surface area contributed by atoms with E-state index in [1.807, 2.05) is 31.2 Å². The lowest BCUT2D eigenvalue weighted by Gasteiger charge is -2.10. The molecular formula is C19H20ClNO3S. The number of carbonyl (C=O) groups excluding carboxylic acids is 2. The first kappa shape index (κ1) is 19.3. The molecule has 4 nitrogen and oxygen atoms in total. The Hall–Kier alpha value is -1.98. The van der Waals surface area contributed by atoms with Crippen molar-refractivity contribution < 1.29 is 14.3 Å². The molecule has 0 spiro atoms. The Morgan fingerprint density at radius 1 is 1.16 bits per heavy atom. The van der Waals surface area contributed by atoms with Crippen molar-refractivity contribution in [3.8, 4) is 0 Å². The highest BCUT2D eigenvalue weighted by atomic mass is 35.5. The van der Waals surface area contributed by atoms with Crippen LogP contribution in [-0.2, 0) is 9.53 Å². The van der Waals surface area contributed by atoms with Crippen molar-refractivity contribution in [2.24, 2.45) is 0 Å². The molecule has 0 fully saturated rings. The van der Waals surface area contributed by atoms with Gasteiger partial charge in [-0.05, 0) is 55.8 Å². The van der Waals surface area contributed by atoms with Gasteiger partial charge in [0.15, 0.2) is 0 Å². The van der Waals surface area contributed by atoms with E-state index >= 15 is 0 Å². The zero-order valence-corrected chi connectivity index (χ0v) is 15.7. The molecule has 2 aromatic rings.